The van der Waals surface area contributed by atoms with Crippen molar-refractivity contribution in [2.45, 2.75) is 18.5 Å². The summed E-state index contributed by atoms with van der Waals surface area (Å²) >= 11 is 0. The van der Waals surface area contributed by atoms with Gasteiger partial charge < -0.3 is 14.2 Å². The number of hydrogen-bond donors (Lipinski definition) is 0. The van der Waals surface area contributed by atoms with Crippen LogP contribution >= 0.6 is 0 Å². The van der Waals surface area contributed by atoms with Gasteiger partial charge in [-0.3, -0.25) is 4.90 Å². The van der Waals surface area contributed by atoms with Crippen molar-refractivity contribution in [2.75, 3.05) is 26.3 Å². The molecule has 0 spiro atoms. The van der Waals surface area contributed by atoms with Gasteiger partial charge in [0.2, 0.25) is 0 Å². The molecule has 1 aliphatic carbocycles. The van der Waals surface area contributed by atoms with E-state index in [0.29, 0.717) is 26.3 Å². The quantitative estimate of drug-likeness (QED) is 0.599. The normalized spacial score (nSPS) is 27.0. The Hall–Kier alpha value is -2.91. The lowest BCUT2D eigenvalue weighted by atomic mass is 9.84. The monoisotopic (exact) mass is 465 g/mol. The molecular formula is C24H20F5NO3. The molecule has 2 aliphatic heterocycles. The van der Waals surface area contributed by atoms with Crippen molar-refractivity contribution in [1.29, 1.82) is 0 Å². The Morgan fingerprint density at radius 1 is 0.939 bits per heavy atom. The first-order valence-corrected chi connectivity index (χ1v) is 10.5. The summed E-state index contributed by atoms with van der Waals surface area (Å²) in [6.45, 7) is 2.56. The molecule has 3 unspecified atom stereocenters. The fraction of sp³-hybridized carbons (Fsp3) is 0.333. The van der Waals surface area contributed by atoms with Crippen molar-refractivity contribution in [3.63, 3.8) is 0 Å². The molecule has 0 aromatic heterocycles. The van der Waals surface area contributed by atoms with Gasteiger partial charge in [-0.2, -0.15) is 0 Å². The molecular weight excluding hydrogens is 445 g/mol. The molecule has 33 heavy (non-hydrogen) atoms. The average molecular weight is 465 g/mol. The molecule has 9 heteroatoms. The summed E-state index contributed by atoms with van der Waals surface area (Å²) in [6.07, 6.45) is 0.934. The first-order chi connectivity index (χ1) is 15.9. The van der Waals surface area contributed by atoms with Gasteiger partial charge in [0.05, 0.1) is 24.7 Å². The lowest BCUT2D eigenvalue weighted by molar-refractivity contribution is -0.136. The molecule has 0 radical (unpaired) electrons. The SMILES string of the molecule is FC1=CC(C2(c3cc(F)ccc3F)Oc3cc(F)c(CN4CCOCC4)cc3O2)C(F)C=C1. The van der Waals surface area contributed by atoms with Gasteiger partial charge in [0.1, 0.15) is 29.5 Å². The van der Waals surface area contributed by atoms with Gasteiger partial charge >= 0.3 is 0 Å². The van der Waals surface area contributed by atoms with Crippen LogP contribution < -0.4 is 9.47 Å². The van der Waals surface area contributed by atoms with Crippen LogP contribution in [0.25, 0.3) is 0 Å². The van der Waals surface area contributed by atoms with Gasteiger partial charge in [-0.05, 0) is 42.5 Å². The Morgan fingerprint density at radius 2 is 1.67 bits per heavy atom. The van der Waals surface area contributed by atoms with Crippen LogP contribution in [0, 0.1) is 23.4 Å². The van der Waals surface area contributed by atoms with Gasteiger partial charge in [-0.1, -0.05) is 0 Å². The first kappa shape index (κ1) is 21.9. The Kier molecular flexibility index (Phi) is 5.62. The zero-order chi connectivity index (χ0) is 23.2. The van der Waals surface area contributed by atoms with E-state index in [1.165, 1.54) is 6.07 Å². The Balaban J connectivity index is 1.57. The van der Waals surface area contributed by atoms with Crippen LogP contribution in [0.2, 0.25) is 0 Å². The third-order valence-corrected chi connectivity index (χ3v) is 6.00. The summed E-state index contributed by atoms with van der Waals surface area (Å²) in [5.41, 5.74) is -0.169. The number of hydrogen-bond acceptors (Lipinski definition) is 4. The fourth-order valence-electron chi connectivity index (χ4n) is 4.34. The topological polar surface area (TPSA) is 30.9 Å². The van der Waals surface area contributed by atoms with Crippen LogP contribution in [0.5, 0.6) is 11.5 Å². The van der Waals surface area contributed by atoms with Crippen LogP contribution in [-0.2, 0) is 17.1 Å². The predicted molar refractivity (Wildman–Crippen MR) is 109 cm³/mol. The number of alkyl halides is 1. The molecule has 0 N–H and O–H groups in total. The zero-order valence-corrected chi connectivity index (χ0v) is 17.4. The second-order valence-electron chi connectivity index (χ2n) is 8.16. The summed E-state index contributed by atoms with van der Waals surface area (Å²) in [6, 6.07) is 5.00. The minimum atomic E-state index is -2.28. The zero-order valence-electron chi connectivity index (χ0n) is 17.4. The van der Waals surface area contributed by atoms with Gasteiger partial charge in [0.15, 0.2) is 11.5 Å². The van der Waals surface area contributed by atoms with Gasteiger partial charge in [0, 0.05) is 31.3 Å². The molecule has 3 aliphatic rings. The maximum Gasteiger partial charge on any atom is 0.290 e. The van der Waals surface area contributed by atoms with E-state index < -0.39 is 46.7 Å². The third kappa shape index (κ3) is 4.00. The first-order valence-electron chi connectivity index (χ1n) is 10.5. The lowest BCUT2D eigenvalue weighted by Gasteiger charge is -2.36. The minimum Gasteiger partial charge on any atom is -0.443 e. The molecule has 3 atom stereocenters. The number of fused-ring (bicyclic) bond motifs is 1. The molecule has 0 bridgehead atoms. The molecule has 1 saturated heterocycles. The van der Waals surface area contributed by atoms with E-state index >= 15 is 0 Å². The standard InChI is InChI=1S/C24H20F5NO3/c25-15-1-3-19(27)17(10-15)24(18-11-16(26)2-4-20(18)28)32-22-9-14(21(29)12-23(22)33-24)13-30-5-7-31-8-6-30/h1-4,9-12,17,19H,5-8,13H2. The minimum absolute atomic E-state index is 0.0267. The number of morpholine rings is 1. The molecule has 174 valence electrons. The Bertz CT molecular complexity index is 1130. The number of ether oxygens (including phenoxy) is 3. The number of allylic oxidation sites excluding steroid dienone is 3. The maximum absolute atomic E-state index is 15.0. The predicted octanol–water partition coefficient (Wildman–Crippen LogP) is 4.94. The highest BCUT2D eigenvalue weighted by Gasteiger charge is 2.55. The van der Waals surface area contributed by atoms with E-state index in [0.717, 1.165) is 42.5 Å². The van der Waals surface area contributed by atoms with Gasteiger partial charge in [-0.25, -0.2) is 22.0 Å². The van der Waals surface area contributed by atoms with Crippen molar-refractivity contribution in [3.8, 4) is 11.5 Å². The van der Waals surface area contributed by atoms with Gasteiger partial charge in [0.25, 0.3) is 5.79 Å². The van der Waals surface area contributed by atoms with Crippen molar-refractivity contribution in [1.82, 2.24) is 4.90 Å². The molecule has 1 fully saturated rings. The molecule has 2 aromatic carbocycles. The van der Waals surface area contributed by atoms with E-state index in [1.54, 1.807) is 0 Å². The second kappa shape index (κ2) is 8.46. The summed E-state index contributed by atoms with van der Waals surface area (Å²) in [5.74, 6) is -7.00. The largest absolute Gasteiger partial charge is 0.443 e. The van der Waals surface area contributed by atoms with E-state index in [1.807, 2.05) is 4.90 Å². The number of halogens is 5. The highest BCUT2D eigenvalue weighted by Crippen LogP contribution is 2.52. The summed E-state index contributed by atoms with van der Waals surface area (Å²) in [4.78, 5) is 1.99. The van der Waals surface area contributed by atoms with Crippen molar-refractivity contribution < 1.29 is 36.2 Å². The lowest BCUT2D eigenvalue weighted by Crippen LogP contribution is -2.47. The van der Waals surface area contributed by atoms with Crippen molar-refractivity contribution in [2.24, 2.45) is 5.92 Å². The molecule has 4 nitrogen and oxygen atoms in total. The van der Waals surface area contributed by atoms with Crippen LogP contribution in [-0.4, -0.2) is 37.4 Å². The molecule has 2 aromatic rings. The molecule has 2 heterocycles. The molecule has 0 amide bonds. The summed E-state index contributed by atoms with van der Waals surface area (Å²) < 4.78 is 89.9. The van der Waals surface area contributed by atoms with E-state index in [-0.39, 0.29) is 23.6 Å². The molecule has 5 rings (SSSR count). The second-order valence-corrected chi connectivity index (χ2v) is 8.16. The highest BCUT2D eigenvalue weighted by atomic mass is 19.1. The third-order valence-electron chi connectivity index (χ3n) is 6.00. The summed E-state index contributed by atoms with van der Waals surface area (Å²) in [7, 11) is 0. The number of benzene rings is 2. The van der Waals surface area contributed by atoms with E-state index in [2.05, 4.69) is 0 Å². The fourth-order valence-corrected chi connectivity index (χ4v) is 4.34. The summed E-state index contributed by atoms with van der Waals surface area (Å²) in [5, 5.41) is 0. The highest BCUT2D eigenvalue weighted by molar-refractivity contribution is 5.49. The Morgan fingerprint density at radius 3 is 2.42 bits per heavy atom. The average Bonchev–Trinajstić information content (AvgIpc) is 3.17. The number of nitrogens with zero attached hydrogens (tertiary/aromatic N) is 1. The van der Waals surface area contributed by atoms with Crippen LogP contribution in [0.15, 0.2) is 54.4 Å². The number of rotatable bonds is 4. The van der Waals surface area contributed by atoms with E-state index in [4.69, 9.17) is 14.2 Å². The van der Waals surface area contributed by atoms with Crippen LogP contribution in [0.1, 0.15) is 11.1 Å². The van der Waals surface area contributed by atoms with Crippen molar-refractivity contribution >= 4 is 0 Å². The van der Waals surface area contributed by atoms with Crippen molar-refractivity contribution in [3.05, 3.63) is 83.0 Å². The van der Waals surface area contributed by atoms with Gasteiger partial charge in [-0.15, -0.1) is 0 Å². The maximum atomic E-state index is 15.0. The van der Waals surface area contributed by atoms with Crippen LogP contribution in [0.4, 0.5) is 22.0 Å². The van der Waals surface area contributed by atoms with Crippen LogP contribution in [0.3, 0.4) is 0 Å². The molecule has 0 saturated carbocycles. The Labute approximate surface area is 186 Å². The smallest absolute Gasteiger partial charge is 0.290 e. The van der Waals surface area contributed by atoms with E-state index in [9.17, 15) is 22.0 Å².